The fourth-order valence-electron chi connectivity index (χ4n) is 1.68. The molecule has 8 heteroatoms. The Bertz CT molecular complexity index is 630. The standard InChI is InChI=1S/C12H16ClFN2O3S/c1-12(2,11(17)16(3)4)15-20(18,19)10-7-8(14)5-6-9(10)13/h5-7,15H,1-4H3. The van der Waals surface area contributed by atoms with Gasteiger partial charge in [0.15, 0.2) is 0 Å². The Hall–Kier alpha value is -1.18. The molecule has 1 amide bonds. The number of amides is 1. The molecule has 20 heavy (non-hydrogen) atoms. The number of benzene rings is 1. The van der Waals surface area contributed by atoms with Crippen LogP contribution in [0.5, 0.6) is 0 Å². The first kappa shape index (κ1) is 16.9. The largest absolute Gasteiger partial charge is 0.347 e. The molecule has 1 aromatic rings. The molecule has 0 bridgehead atoms. The van der Waals surface area contributed by atoms with E-state index in [1.54, 1.807) is 0 Å². The fourth-order valence-corrected chi connectivity index (χ4v) is 3.56. The van der Waals surface area contributed by atoms with E-state index in [9.17, 15) is 17.6 Å². The topological polar surface area (TPSA) is 66.5 Å². The van der Waals surface area contributed by atoms with Gasteiger partial charge >= 0.3 is 0 Å². The Morgan fingerprint density at radius 2 is 1.90 bits per heavy atom. The van der Waals surface area contributed by atoms with E-state index >= 15 is 0 Å². The van der Waals surface area contributed by atoms with Crippen molar-refractivity contribution in [1.82, 2.24) is 9.62 Å². The lowest BCUT2D eigenvalue weighted by Crippen LogP contribution is -2.54. The molecule has 0 fully saturated rings. The van der Waals surface area contributed by atoms with Crippen LogP contribution in [0.25, 0.3) is 0 Å². The zero-order chi connectivity index (χ0) is 15.7. The highest BCUT2D eigenvalue weighted by Crippen LogP contribution is 2.23. The van der Waals surface area contributed by atoms with E-state index in [0.29, 0.717) is 0 Å². The van der Waals surface area contributed by atoms with Gasteiger partial charge in [-0.2, -0.15) is 4.72 Å². The first-order valence-corrected chi connectivity index (χ1v) is 7.54. The lowest BCUT2D eigenvalue weighted by molar-refractivity contribution is -0.133. The van der Waals surface area contributed by atoms with Crippen molar-refractivity contribution < 1.29 is 17.6 Å². The third kappa shape index (κ3) is 3.68. The molecule has 0 unspecified atom stereocenters. The number of nitrogens with zero attached hydrogens (tertiary/aromatic N) is 1. The molecule has 112 valence electrons. The van der Waals surface area contributed by atoms with Gasteiger partial charge in [0.2, 0.25) is 15.9 Å². The highest BCUT2D eigenvalue weighted by molar-refractivity contribution is 7.89. The van der Waals surface area contributed by atoms with E-state index in [0.717, 1.165) is 18.2 Å². The highest BCUT2D eigenvalue weighted by Gasteiger charge is 2.35. The van der Waals surface area contributed by atoms with Crippen LogP contribution in [0.15, 0.2) is 23.1 Å². The maximum Gasteiger partial charge on any atom is 0.243 e. The minimum Gasteiger partial charge on any atom is -0.347 e. The minimum atomic E-state index is -4.12. The Morgan fingerprint density at radius 3 is 2.40 bits per heavy atom. The Kier molecular flexibility index (Phi) is 4.78. The van der Waals surface area contributed by atoms with Gasteiger partial charge in [-0.3, -0.25) is 4.79 Å². The number of nitrogens with one attached hydrogen (secondary N) is 1. The fraction of sp³-hybridized carbons (Fsp3) is 0.417. The smallest absolute Gasteiger partial charge is 0.243 e. The van der Waals surface area contributed by atoms with E-state index in [-0.39, 0.29) is 5.02 Å². The van der Waals surface area contributed by atoms with Crippen LogP contribution in [0.1, 0.15) is 13.8 Å². The summed E-state index contributed by atoms with van der Waals surface area (Å²) in [6.45, 7) is 2.83. The molecule has 0 saturated heterocycles. The molecular formula is C12H16ClFN2O3S. The Morgan fingerprint density at radius 1 is 1.35 bits per heavy atom. The van der Waals surface area contributed by atoms with E-state index in [2.05, 4.69) is 4.72 Å². The van der Waals surface area contributed by atoms with Crippen molar-refractivity contribution in [2.24, 2.45) is 0 Å². The second-order valence-electron chi connectivity index (χ2n) is 5.00. The average molecular weight is 323 g/mol. The number of carbonyl (C=O) groups is 1. The van der Waals surface area contributed by atoms with Crippen LogP contribution in [0.4, 0.5) is 4.39 Å². The van der Waals surface area contributed by atoms with Gasteiger partial charge in [0.05, 0.1) is 5.02 Å². The molecule has 0 radical (unpaired) electrons. The van der Waals surface area contributed by atoms with Crippen molar-refractivity contribution in [2.45, 2.75) is 24.3 Å². The van der Waals surface area contributed by atoms with Crippen molar-refractivity contribution in [3.8, 4) is 0 Å². The normalized spacial score (nSPS) is 12.3. The van der Waals surface area contributed by atoms with Crippen molar-refractivity contribution in [3.05, 3.63) is 29.0 Å². The summed E-state index contributed by atoms with van der Waals surface area (Å²) in [5, 5.41) is -0.119. The molecule has 0 aliphatic heterocycles. The van der Waals surface area contributed by atoms with Crippen LogP contribution >= 0.6 is 11.6 Å². The average Bonchev–Trinajstić information content (AvgIpc) is 2.29. The quantitative estimate of drug-likeness (QED) is 0.916. The summed E-state index contributed by atoms with van der Waals surface area (Å²) in [7, 11) is -1.10. The number of rotatable bonds is 4. The monoisotopic (exact) mass is 322 g/mol. The summed E-state index contributed by atoms with van der Waals surface area (Å²) in [5.74, 6) is -1.17. The second-order valence-corrected chi connectivity index (χ2v) is 7.06. The van der Waals surface area contributed by atoms with Gasteiger partial charge in [0, 0.05) is 14.1 Å². The van der Waals surface area contributed by atoms with E-state index in [4.69, 9.17) is 11.6 Å². The maximum absolute atomic E-state index is 13.2. The molecule has 1 N–H and O–H groups in total. The predicted molar refractivity (Wildman–Crippen MR) is 74.5 cm³/mol. The predicted octanol–water partition coefficient (Wildman–Crippen LogP) is 1.62. The summed E-state index contributed by atoms with van der Waals surface area (Å²) in [5.41, 5.74) is -1.38. The molecule has 0 heterocycles. The molecule has 0 saturated carbocycles. The zero-order valence-electron chi connectivity index (χ0n) is 11.6. The van der Waals surface area contributed by atoms with Crippen LogP contribution in [0.3, 0.4) is 0 Å². The molecule has 5 nitrogen and oxygen atoms in total. The molecule has 0 aliphatic rings. The third-order valence-corrected chi connectivity index (χ3v) is 4.65. The van der Waals surface area contributed by atoms with E-state index < -0.39 is 32.2 Å². The number of hydrogen-bond acceptors (Lipinski definition) is 3. The molecule has 0 aliphatic carbocycles. The number of sulfonamides is 1. The minimum absolute atomic E-state index is 0.119. The lowest BCUT2D eigenvalue weighted by atomic mass is 10.1. The second kappa shape index (κ2) is 5.67. The summed E-state index contributed by atoms with van der Waals surface area (Å²) < 4.78 is 39.8. The van der Waals surface area contributed by atoms with Crippen molar-refractivity contribution >= 4 is 27.5 Å². The number of halogens is 2. The Balaban J connectivity index is 3.19. The molecule has 0 atom stereocenters. The van der Waals surface area contributed by atoms with Crippen LogP contribution < -0.4 is 4.72 Å². The number of carbonyl (C=O) groups excluding carboxylic acids is 1. The lowest BCUT2D eigenvalue weighted by Gasteiger charge is -2.28. The van der Waals surface area contributed by atoms with E-state index in [1.165, 1.54) is 32.8 Å². The third-order valence-electron chi connectivity index (χ3n) is 2.51. The van der Waals surface area contributed by atoms with Crippen molar-refractivity contribution in [2.75, 3.05) is 14.1 Å². The van der Waals surface area contributed by atoms with E-state index in [1.807, 2.05) is 0 Å². The van der Waals surface area contributed by atoms with Gasteiger partial charge in [-0.05, 0) is 32.0 Å². The molecular weight excluding hydrogens is 307 g/mol. The molecule has 1 aromatic carbocycles. The van der Waals surface area contributed by atoms with Gasteiger partial charge in [-0.1, -0.05) is 11.6 Å². The summed E-state index contributed by atoms with van der Waals surface area (Å²) in [6.07, 6.45) is 0. The van der Waals surface area contributed by atoms with Crippen molar-refractivity contribution in [1.29, 1.82) is 0 Å². The molecule has 0 aromatic heterocycles. The SMILES string of the molecule is CN(C)C(=O)C(C)(C)NS(=O)(=O)c1cc(F)ccc1Cl. The Labute approximate surface area is 122 Å². The van der Waals surface area contributed by atoms with Crippen LogP contribution in [-0.4, -0.2) is 38.9 Å². The van der Waals surface area contributed by atoms with Crippen LogP contribution in [0, 0.1) is 5.82 Å². The first-order chi connectivity index (χ1) is 8.97. The summed E-state index contributed by atoms with van der Waals surface area (Å²) in [4.78, 5) is 12.8. The first-order valence-electron chi connectivity index (χ1n) is 5.68. The van der Waals surface area contributed by atoms with Crippen LogP contribution in [0.2, 0.25) is 5.02 Å². The summed E-state index contributed by atoms with van der Waals surface area (Å²) in [6, 6.07) is 3.00. The number of likely N-dealkylation sites (N-methyl/N-ethyl adjacent to an activating group) is 1. The van der Waals surface area contributed by atoms with Gasteiger partial charge in [0.1, 0.15) is 16.3 Å². The van der Waals surface area contributed by atoms with Gasteiger partial charge in [-0.15, -0.1) is 0 Å². The van der Waals surface area contributed by atoms with Gasteiger partial charge < -0.3 is 4.90 Å². The summed E-state index contributed by atoms with van der Waals surface area (Å²) >= 11 is 5.77. The zero-order valence-corrected chi connectivity index (χ0v) is 13.1. The highest BCUT2D eigenvalue weighted by atomic mass is 35.5. The maximum atomic E-state index is 13.2. The number of hydrogen-bond donors (Lipinski definition) is 1. The molecule has 1 rings (SSSR count). The van der Waals surface area contributed by atoms with Crippen molar-refractivity contribution in [3.63, 3.8) is 0 Å². The van der Waals surface area contributed by atoms with Gasteiger partial charge in [-0.25, -0.2) is 12.8 Å². The van der Waals surface area contributed by atoms with Gasteiger partial charge in [0.25, 0.3) is 0 Å². The van der Waals surface area contributed by atoms with Crippen LogP contribution in [-0.2, 0) is 14.8 Å². The molecule has 0 spiro atoms.